The largest absolute Gasteiger partial charge is 0.292 e. The van der Waals surface area contributed by atoms with E-state index in [1.807, 2.05) is 6.07 Å². The van der Waals surface area contributed by atoms with Crippen molar-refractivity contribution in [3.05, 3.63) is 57.5 Å². The molecule has 0 radical (unpaired) electrons. The van der Waals surface area contributed by atoms with Crippen LogP contribution >= 0.6 is 39.1 Å². The molecule has 0 aliphatic rings. The van der Waals surface area contributed by atoms with E-state index in [0.717, 1.165) is 9.99 Å². The van der Waals surface area contributed by atoms with Crippen molar-refractivity contribution in [2.24, 2.45) is 0 Å². The Labute approximate surface area is 133 Å². The smallest absolute Gasteiger partial charge is 0.147 e. The predicted octanol–water partition coefficient (Wildman–Crippen LogP) is 5.32. The molecule has 3 aromatic rings. The lowest BCUT2D eigenvalue weighted by Crippen LogP contribution is -2.02. The second kappa shape index (κ2) is 5.35. The number of benzene rings is 2. The lowest BCUT2D eigenvalue weighted by atomic mass is 10.2. The number of imidazole rings is 1. The van der Waals surface area contributed by atoms with Crippen molar-refractivity contribution >= 4 is 50.2 Å². The quantitative estimate of drug-likeness (QED) is 0.556. The molecule has 0 fully saturated rings. The fourth-order valence-corrected chi connectivity index (χ4v) is 2.87. The molecule has 1 aromatic heterocycles. The van der Waals surface area contributed by atoms with Gasteiger partial charge >= 0.3 is 0 Å². The number of nitrogens with zero attached hydrogens (tertiary/aromatic N) is 2. The molecule has 0 saturated carbocycles. The molecule has 0 unspecified atom stereocenters. The lowest BCUT2D eigenvalue weighted by molar-refractivity contribution is 0.617. The van der Waals surface area contributed by atoms with Crippen molar-refractivity contribution in [1.82, 2.24) is 9.55 Å². The number of aromatic nitrogens is 2. The van der Waals surface area contributed by atoms with Gasteiger partial charge in [0.1, 0.15) is 17.2 Å². The summed E-state index contributed by atoms with van der Waals surface area (Å²) in [5.41, 5.74) is 1.73. The van der Waals surface area contributed by atoms with Gasteiger partial charge in [0.05, 0.1) is 22.1 Å². The number of fused-ring (bicyclic) bond motifs is 1. The summed E-state index contributed by atoms with van der Waals surface area (Å²) < 4.78 is 16.6. The van der Waals surface area contributed by atoms with Gasteiger partial charge in [0.2, 0.25) is 0 Å². The van der Waals surface area contributed by atoms with Crippen LogP contribution in [0.5, 0.6) is 0 Å². The average molecular weight is 374 g/mol. The summed E-state index contributed by atoms with van der Waals surface area (Å²) in [5.74, 6) is 0.363. The normalized spacial score (nSPS) is 11.2. The van der Waals surface area contributed by atoms with E-state index in [0.29, 0.717) is 22.1 Å². The third kappa shape index (κ3) is 2.22. The predicted molar refractivity (Wildman–Crippen MR) is 83.3 cm³/mol. The monoisotopic (exact) mass is 372 g/mol. The van der Waals surface area contributed by atoms with Crippen LogP contribution in [0.1, 0.15) is 5.82 Å². The maximum atomic E-state index is 14.1. The molecule has 2 nitrogen and oxygen atoms in total. The van der Waals surface area contributed by atoms with Crippen LogP contribution in [0.25, 0.3) is 16.7 Å². The molecule has 0 bridgehead atoms. The fraction of sp³-hybridized carbons (Fsp3) is 0.0714. The van der Waals surface area contributed by atoms with Gasteiger partial charge in [-0.05, 0) is 30.3 Å². The minimum Gasteiger partial charge on any atom is -0.292 e. The Hall–Kier alpha value is -1.10. The zero-order valence-corrected chi connectivity index (χ0v) is 13.2. The van der Waals surface area contributed by atoms with Gasteiger partial charge in [-0.1, -0.05) is 33.6 Å². The van der Waals surface area contributed by atoms with Gasteiger partial charge in [0.15, 0.2) is 0 Å². The minimum absolute atomic E-state index is 0.164. The van der Waals surface area contributed by atoms with Crippen LogP contribution < -0.4 is 0 Å². The Kier molecular flexibility index (Phi) is 3.71. The zero-order chi connectivity index (χ0) is 14.3. The summed E-state index contributed by atoms with van der Waals surface area (Å²) >= 11 is 15.4. The van der Waals surface area contributed by atoms with Crippen molar-refractivity contribution < 1.29 is 4.39 Å². The molecule has 0 amide bonds. The number of halogens is 4. The number of alkyl halides is 1. The molecular formula is C14H8BrCl2FN2. The molecule has 0 spiro atoms. The molecule has 0 aliphatic heterocycles. The number of hydrogen-bond donors (Lipinski definition) is 0. The third-order valence-electron chi connectivity index (χ3n) is 2.97. The SMILES string of the molecule is Fc1ccc(Br)cc1-n1c(CCl)nc2c(Cl)cccc21. The number of hydrogen-bond acceptors (Lipinski definition) is 1. The van der Waals surface area contributed by atoms with E-state index in [4.69, 9.17) is 23.2 Å². The molecule has 0 atom stereocenters. The van der Waals surface area contributed by atoms with Crippen molar-refractivity contribution in [3.8, 4) is 5.69 Å². The molecule has 20 heavy (non-hydrogen) atoms. The highest BCUT2D eigenvalue weighted by Gasteiger charge is 2.16. The summed E-state index contributed by atoms with van der Waals surface area (Å²) in [6.45, 7) is 0. The van der Waals surface area contributed by atoms with E-state index in [9.17, 15) is 4.39 Å². The van der Waals surface area contributed by atoms with Crippen LogP contribution in [0.15, 0.2) is 40.9 Å². The average Bonchev–Trinajstić information content (AvgIpc) is 2.81. The standard InChI is InChI=1S/C14H8BrCl2FN2/c15-8-4-5-10(18)12(6-8)20-11-3-1-2-9(17)14(11)19-13(20)7-16/h1-6H,7H2. The first kappa shape index (κ1) is 13.9. The van der Waals surface area contributed by atoms with Crippen LogP contribution in [-0.4, -0.2) is 9.55 Å². The van der Waals surface area contributed by atoms with Crippen molar-refractivity contribution in [1.29, 1.82) is 0 Å². The van der Waals surface area contributed by atoms with Gasteiger partial charge < -0.3 is 0 Å². The summed E-state index contributed by atoms with van der Waals surface area (Å²) in [6, 6.07) is 10.1. The van der Waals surface area contributed by atoms with E-state index in [-0.39, 0.29) is 11.7 Å². The Morgan fingerprint density at radius 1 is 1.25 bits per heavy atom. The maximum absolute atomic E-state index is 14.1. The molecule has 1 heterocycles. The lowest BCUT2D eigenvalue weighted by Gasteiger charge is -2.09. The molecular weight excluding hydrogens is 366 g/mol. The second-order valence-corrected chi connectivity index (χ2v) is 5.79. The van der Waals surface area contributed by atoms with Gasteiger partial charge in [0.25, 0.3) is 0 Å². The maximum Gasteiger partial charge on any atom is 0.147 e. The summed E-state index contributed by atoms with van der Waals surface area (Å²) in [7, 11) is 0. The second-order valence-electron chi connectivity index (χ2n) is 4.20. The summed E-state index contributed by atoms with van der Waals surface area (Å²) in [5, 5.41) is 0.517. The molecule has 6 heteroatoms. The van der Waals surface area contributed by atoms with E-state index in [1.165, 1.54) is 6.07 Å². The van der Waals surface area contributed by atoms with Crippen LogP contribution in [0, 0.1) is 5.82 Å². The van der Waals surface area contributed by atoms with Gasteiger partial charge in [-0.3, -0.25) is 4.57 Å². The first-order valence-corrected chi connectivity index (χ1v) is 7.49. The molecule has 0 aliphatic carbocycles. The van der Waals surface area contributed by atoms with Crippen molar-refractivity contribution in [2.75, 3.05) is 0 Å². The van der Waals surface area contributed by atoms with E-state index >= 15 is 0 Å². The van der Waals surface area contributed by atoms with Crippen LogP contribution in [0.3, 0.4) is 0 Å². The molecule has 0 saturated heterocycles. The number of rotatable bonds is 2. The third-order valence-corrected chi connectivity index (χ3v) is 4.01. The molecule has 102 valence electrons. The summed E-state index contributed by atoms with van der Waals surface area (Å²) in [6.07, 6.45) is 0. The van der Waals surface area contributed by atoms with Crippen molar-refractivity contribution in [3.63, 3.8) is 0 Å². The van der Waals surface area contributed by atoms with Crippen molar-refractivity contribution in [2.45, 2.75) is 5.88 Å². The Bertz CT molecular complexity index is 801. The molecule has 2 aromatic carbocycles. The first-order valence-electron chi connectivity index (χ1n) is 5.79. The van der Waals surface area contributed by atoms with Gasteiger partial charge in [-0.2, -0.15) is 0 Å². The topological polar surface area (TPSA) is 17.8 Å². The Morgan fingerprint density at radius 2 is 2.05 bits per heavy atom. The molecule has 3 rings (SSSR count). The Balaban J connectivity index is 2.40. The summed E-state index contributed by atoms with van der Waals surface area (Å²) in [4.78, 5) is 4.39. The highest BCUT2D eigenvalue weighted by Crippen LogP contribution is 2.29. The zero-order valence-electron chi connectivity index (χ0n) is 10.1. The van der Waals surface area contributed by atoms with Gasteiger partial charge in [-0.25, -0.2) is 9.37 Å². The van der Waals surface area contributed by atoms with Gasteiger partial charge in [0, 0.05) is 4.47 Å². The van der Waals surface area contributed by atoms with E-state index in [1.54, 1.807) is 28.8 Å². The first-order chi connectivity index (χ1) is 9.61. The van der Waals surface area contributed by atoms with Crippen LogP contribution in [0.2, 0.25) is 5.02 Å². The van der Waals surface area contributed by atoms with Crippen LogP contribution in [-0.2, 0) is 5.88 Å². The highest BCUT2D eigenvalue weighted by molar-refractivity contribution is 9.10. The number of para-hydroxylation sites is 1. The molecule has 0 N–H and O–H groups in total. The van der Waals surface area contributed by atoms with E-state index < -0.39 is 0 Å². The van der Waals surface area contributed by atoms with Crippen LogP contribution in [0.4, 0.5) is 4.39 Å². The minimum atomic E-state index is -0.348. The van der Waals surface area contributed by atoms with Gasteiger partial charge in [-0.15, -0.1) is 11.6 Å². The highest BCUT2D eigenvalue weighted by atomic mass is 79.9. The Morgan fingerprint density at radius 3 is 2.80 bits per heavy atom. The van der Waals surface area contributed by atoms with E-state index in [2.05, 4.69) is 20.9 Å². The fourth-order valence-electron chi connectivity index (χ4n) is 2.13.